The maximum atomic E-state index is 13.6. The molecular formula is C27H26ClFN2O3. The second-order valence-corrected chi connectivity index (χ2v) is 8.53. The van der Waals surface area contributed by atoms with E-state index in [1.54, 1.807) is 10.6 Å². The highest BCUT2D eigenvalue weighted by atomic mass is 35.5. The van der Waals surface area contributed by atoms with Gasteiger partial charge in [-0.2, -0.15) is 0 Å². The van der Waals surface area contributed by atoms with E-state index in [0.29, 0.717) is 30.8 Å². The Morgan fingerprint density at radius 3 is 2.62 bits per heavy atom. The van der Waals surface area contributed by atoms with Gasteiger partial charge in [-0.25, -0.2) is 9.18 Å². The first-order valence-corrected chi connectivity index (χ1v) is 11.5. The lowest BCUT2D eigenvalue weighted by atomic mass is 10.1. The van der Waals surface area contributed by atoms with Gasteiger partial charge in [0.25, 0.3) is 0 Å². The number of carboxylic acid groups (broad SMARTS) is 1. The van der Waals surface area contributed by atoms with Crippen molar-refractivity contribution < 1.29 is 19.0 Å². The Morgan fingerprint density at radius 1 is 1.09 bits per heavy atom. The number of ether oxygens (including phenoxy) is 1. The summed E-state index contributed by atoms with van der Waals surface area (Å²) >= 11 is 6.27. The minimum atomic E-state index is -1.03. The zero-order valence-electron chi connectivity index (χ0n) is 19.1. The van der Waals surface area contributed by atoms with Crippen molar-refractivity contribution >= 4 is 28.5 Å². The van der Waals surface area contributed by atoms with E-state index in [1.807, 2.05) is 56.3 Å². The van der Waals surface area contributed by atoms with Gasteiger partial charge >= 0.3 is 5.97 Å². The molecule has 34 heavy (non-hydrogen) atoms. The zero-order valence-corrected chi connectivity index (χ0v) is 19.8. The highest BCUT2D eigenvalue weighted by Crippen LogP contribution is 2.30. The van der Waals surface area contributed by atoms with E-state index in [2.05, 4.69) is 5.32 Å². The molecule has 3 aromatic carbocycles. The average Bonchev–Trinajstić information content (AvgIpc) is 3.09. The Labute approximate surface area is 202 Å². The number of halogens is 2. The Hall–Kier alpha value is -3.35. The largest absolute Gasteiger partial charge is 0.494 e. The molecule has 2 N–H and O–H groups in total. The van der Waals surface area contributed by atoms with Crippen LogP contribution in [0.5, 0.6) is 5.75 Å². The average molecular weight is 481 g/mol. The van der Waals surface area contributed by atoms with Crippen LogP contribution in [0, 0.1) is 12.7 Å². The first-order chi connectivity index (χ1) is 16.4. The number of aromatic nitrogens is 1. The van der Waals surface area contributed by atoms with E-state index in [-0.39, 0.29) is 17.3 Å². The first-order valence-electron chi connectivity index (χ1n) is 11.1. The molecule has 0 fully saturated rings. The van der Waals surface area contributed by atoms with Crippen molar-refractivity contribution in [1.82, 2.24) is 9.88 Å². The van der Waals surface area contributed by atoms with Crippen LogP contribution in [0.3, 0.4) is 0 Å². The number of aryl methyl sites for hydroxylation is 1. The molecule has 0 radical (unpaired) electrons. The van der Waals surface area contributed by atoms with E-state index in [0.717, 1.165) is 27.8 Å². The standard InChI is InChI=1S/C27H26ClFN2O3/c1-3-34-25-7-5-4-6-18(25)14-30-15-22-21-11-8-17(2)12-24(21)31(26(22)27(32)33)16-19-9-10-20(29)13-23(19)28/h4-13,30H,3,14-16H2,1-2H3,(H,32,33). The highest BCUT2D eigenvalue weighted by molar-refractivity contribution is 6.31. The van der Waals surface area contributed by atoms with Crippen molar-refractivity contribution in [2.24, 2.45) is 0 Å². The topological polar surface area (TPSA) is 63.5 Å². The molecule has 1 heterocycles. The van der Waals surface area contributed by atoms with Crippen molar-refractivity contribution in [2.45, 2.75) is 33.5 Å². The van der Waals surface area contributed by atoms with Gasteiger partial charge in [-0.15, -0.1) is 0 Å². The third-order valence-electron chi connectivity index (χ3n) is 5.76. The molecule has 0 aliphatic carbocycles. The smallest absolute Gasteiger partial charge is 0.352 e. The van der Waals surface area contributed by atoms with Crippen LogP contribution in [0.4, 0.5) is 4.39 Å². The molecule has 0 atom stereocenters. The summed E-state index contributed by atoms with van der Waals surface area (Å²) in [4.78, 5) is 12.4. The van der Waals surface area contributed by atoms with Crippen LogP contribution in [0.15, 0.2) is 60.7 Å². The molecule has 5 nitrogen and oxygen atoms in total. The molecule has 7 heteroatoms. The number of nitrogens with zero attached hydrogens (tertiary/aromatic N) is 1. The van der Waals surface area contributed by atoms with Crippen molar-refractivity contribution in [3.05, 3.63) is 99.5 Å². The van der Waals surface area contributed by atoms with E-state index in [1.165, 1.54) is 12.1 Å². The van der Waals surface area contributed by atoms with Gasteiger partial charge in [0.15, 0.2) is 0 Å². The van der Waals surface area contributed by atoms with Gasteiger partial charge in [-0.05, 0) is 49.2 Å². The maximum Gasteiger partial charge on any atom is 0.352 e. The molecule has 0 amide bonds. The molecule has 0 aliphatic heterocycles. The van der Waals surface area contributed by atoms with Crippen molar-refractivity contribution in [1.29, 1.82) is 0 Å². The summed E-state index contributed by atoms with van der Waals surface area (Å²) in [5, 5.41) is 14.7. The van der Waals surface area contributed by atoms with Crippen LogP contribution in [-0.4, -0.2) is 22.2 Å². The lowest BCUT2D eigenvalue weighted by Crippen LogP contribution is -2.17. The van der Waals surface area contributed by atoms with Gasteiger partial charge in [0.1, 0.15) is 17.3 Å². The highest BCUT2D eigenvalue weighted by Gasteiger charge is 2.23. The Bertz CT molecular complexity index is 1350. The number of benzene rings is 3. The summed E-state index contributed by atoms with van der Waals surface area (Å²) in [7, 11) is 0. The number of fused-ring (bicyclic) bond motifs is 1. The van der Waals surface area contributed by atoms with Crippen molar-refractivity contribution in [2.75, 3.05) is 6.61 Å². The predicted octanol–water partition coefficient (Wildman–Crippen LogP) is 6.18. The number of para-hydroxylation sites is 1. The number of aromatic carboxylic acids is 1. The number of hydrogen-bond donors (Lipinski definition) is 2. The number of nitrogens with one attached hydrogen (secondary N) is 1. The molecule has 1 aromatic heterocycles. The van der Waals surface area contributed by atoms with Gasteiger partial charge in [-0.1, -0.05) is 48.0 Å². The summed E-state index contributed by atoms with van der Waals surface area (Å²) in [6.45, 7) is 5.56. The quantitative estimate of drug-likeness (QED) is 0.300. The summed E-state index contributed by atoms with van der Waals surface area (Å²) < 4.78 is 21.0. The second-order valence-electron chi connectivity index (χ2n) is 8.12. The van der Waals surface area contributed by atoms with E-state index in [9.17, 15) is 14.3 Å². The minimum Gasteiger partial charge on any atom is -0.494 e. The van der Waals surface area contributed by atoms with Gasteiger partial charge in [0.2, 0.25) is 0 Å². The number of carbonyl (C=O) groups is 1. The van der Waals surface area contributed by atoms with Crippen molar-refractivity contribution in [3.63, 3.8) is 0 Å². The molecule has 0 bridgehead atoms. The molecule has 0 aliphatic rings. The Balaban J connectivity index is 1.72. The fourth-order valence-corrected chi connectivity index (χ4v) is 4.43. The predicted molar refractivity (Wildman–Crippen MR) is 132 cm³/mol. The van der Waals surface area contributed by atoms with Crippen LogP contribution < -0.4 is 10.1 Å². The normalized spacial score (nSPS) is 11.2. The van der Waals surface area contributed by atoms with Crippen LogP contribution >= 0.6 is 11.6 Å². The monoisotopic (exact) mass is 480 g/mol. The summed E-state index contributed by atoms with van der Waals surface area (Å²) in [6, 6.07) is 17.8. The third kappa shape index (κ3) is 4.93. The minimum absolute atomic E-state index is 0.187. The third-order valence-corrected chi connectivity index (χ3v) is 6.11. The van der Waals surface area contributed by atoms with Gasteiger partial charge in [0, 0.05) is 46.7 Å². The van der Waals surface area contributed by atoms with Gasteiger partial charge in [-0.3, -0.25) is 0 Å². The van der Waals surface area contributed by atoms with Gasteiger partial charge < -0.3 is 19.7 Å². The molecule has 0 spiro atoms. The molecule has 4 rings (SSSR count). The summed E-state index contributed by atoms with van der Waals surface area (Å²) in [5.41, 5.74) is 4.33. The number of carboxylic acids is 1. The zero-order chi connectivity index (χ0) is 24.2. The molecular weight excluding hydrogens is 455 g/mol. The molecule has 0 saturated carbocycles. The van der Waals surface area contributed by atoms with Crippen LogP contribution in [0.25, 0.3) is 10.9 Å². The van der Waals surface area contributed by atoms with E-state index >= 15 is 0 Å². The SMILES string of the molecule is CCOc1ccccc1CNCc1c(C(=O)O)n(Cc2ccc(F)cc2Cl)c2cc(C)ccc12. The number of rotatable bonds is 9. The molecule has 0 unspecified atom stereocenters. The molecule has 0 saturated heterocycles. The van der Waals surface area contributed by atoms with Crippen LogP contribution in [-0.2, 0) is 19.6 Å². The Morgan fingerprint density at radius 2 is 1.88 bits per heavy atom. The molecule has 4 aromatic rings. The maximum absolute atomic E-state index is 13.6. The number of hydrogen-bond acceptors (Lipinski definition) is 3. The van der Waals surface area contributed by atoms with Crippen LogP contribution in [0.2, 0.25) is 5.02 Å². The Kier molecular flexibility index (Phi) is 7.20. The van der Waals surface area contributed by atoms with Gasteiger partial charge in [0.05, 0.1) is 6.61 Å². The second kappa shape index (κ2) is 10.3. The summed E-state index contributed by atoms with van der Waals surface area (Å²) in [5.74, 6) is -0.656. The lowest BCUT2D eigenvalue weighted by molar-refractivity contribution is 0.0684. The van der Waals surface area contributed by atoms with Crippen LogP contribution in [0.1, 0.15) is 39.7 Å². The lowest BCUT2D eigenvalue weighted by Gasteiger charge is -2.12. The summed E-state index contributed by atoms with van der Waals surface area (Å²) in [6.07, 6.45) is 0. The fraction of sp³-hybridized carbons (Fsp3) is 0.222. The fourth-order valence-electron chi connectivity index (χ4n) is 4.21. The first kappa shape index (κ1) is 23.8. The van der Waals surface area contributed by atoms with E-state index in [4.69, 9.17) is 16.3 Å². The van der Waals surface area contributed by atoms with E-state index < -0.39 is 11.8 Å². The van der Waals surface area contributed by atoms with Crippen molar-refractivity contribution in [3.8, 4) is 5.75 Å². The molecule has 176 valence electrons.